The van der Waals surface area contributed by atoms with Crippen molar-refractivity contribution in [2.24, 2.45) is 4.99 Å². The molecule has 9 heteroatoms. The maximum absolute atomic E-state index is 12.3. The van der Waals surface area contributed by atoms with Crippen molar-refractivity contribution >= 4 is 51.1 Å². The third-order valence-electron chi connectivity index (χ3n) is 4.26. The average molecular weight is 552 g/mol. The number of aliphatic hydroxyl groups excluding tert-OH is 1. The van der Waals surface area contributed by atoms with Crippen LogP contribution in [0.2, 0.25) is 0 Å². The van der Waals surface area contributed by atoms with E-state index in [9.17, 15) is 13.5 Å². The molecule has 1 aromatic heterocycles. The van der Waals surface area contributed by atoms with E-state index in [1.54, 1.807) is 17.5 Å². The van der Waals surface area contributed by atoms with Crippen LogP contribution in [0.3, 0.4) is 0 Å². The predicted octanol–water partition coefficient (Wildman–Crippen LogP) is 3.38. The highest BCUT2D eigenvalue weighted by Gasteiger charge is 2.20. The number of nitrogens with zero attached hydrogens (tertiary/aromatic N) is 1. The van der Waals surface area contributed by atoms with E-state index < -0.39 is 15.9 Å². The molecule has 1 heterocycles. The molecule has 0 saturated heterocycles. The Balaban J connectivity index is 0.00000420. The molecule has 0 bridgehead atoms. The maximum atomic E-state index is 12.3. The van der Waals surface area contributed by atoms with Crippen LogP contribution < -0.4 is 10.6 Å². The lowest BCUT2D eigenvalue weighted by molar-refractivity contribution is 0.206. The summed E-state index contributed by atoms with van der Waals surface area (Å²) >= 11 is 1.15. The molecule has 0 saturated carbocycles. The quantitative estimate of drug-likeness (QED) is 0.253. The van der Waals surface area contributed by atoms with Crippen LogP contribution in [0.5, 0.6) is 0 Å². The Morgan fingerprint density at radius 1 is 1.21 bits per heavy atom. The number of hydrogen-bond acceptors (Lipinski definition) is 5. The van der Waals surface area contributed by atoms with Gasteiger partial charge >= 0.3 is 0 Å². The molecule has 1 aromatic carbocycles. The fourth-order valence-corrected chi connectivity index (χ4v) is 5.14. The molecule has 0 amide bonds. The lowest BCUT2D eigenvalue weighted by Gasteiger charge is -2.19. The molecular formula is C20H30IN3O3S2. The van der Waals surface area contributed by atoms with Gasteiger partial charge < -0.3 is 15.7 Å². The first-order valence-electron chi connectivity index (χ1n) is 9.43. The second-order valence-electron chi connectivity index (χ2n) is 6.55. The topological polar surface area (TPSA) is 90.8 Å². The van der Waals surface area contributed by atoms with Gasteiger partial charge in [-0.15, -0.1) is 35.3 Å². The van der Waals surface area contributed by atoms with Crippen molar-refractivity contribution < 1.29 is 13.5 Å². The lowest BCUT2D eigenvalue weighted by atomic mass is 10.1. The SMILES string of the molecule is CCNC(=NCC(O)CS(=O)(=O)c1cccs1)NC(C)c1ccc(CC)cc1.I. The summed E-state index contributed by atoms with van der Waals surface area (Å²) in [5.74, 6) is 0.201. The Morgan fingerprint density at radius 3 is 2.45 bits per heavy atom. The summed E-state index contributed by atoms with van der Waals surface area (Å²) in [7, 11) is -3.49. The van der Waals surface area contributed by atoms with Crippen LogP contribution in [-0.2, 0) is 16.3 Å². The molecule has 2 rings (SSSR count). The normalized spacial score (nSPS) is 14.0. The number of aliphatic hydroxyl groups is 1. The minimum atomic E-state index is -3.49. The third kappa shape index (κ3) is 8.23. The number of rotatable bonds is 9. The van der Waals surface area contributed by atoms with E-state index in [-0.39, 0.29) is 46.5 Å². The van der Waals surface area contributed by atoms with Crippen LogP contribution in [0.4, 0.5) is 0 Å². The predicted molar refractivity (Wildman–Crippen MR) is 131 cm³/mol. The second kappa shape index (κ2) is 12.5. The largest absolute Gasteiger partial charge is 0.390 e. The lowest BCUT2D eigenvalue weighted by Crippen LogP contribution is -2.39. The van der Waals surface area contributed by atoms with Crippen molar-refractivity contribution in [1.82, 2.24) is 10.6 Å². The van der Waals surface area contributed by atoms with Crippen LogP contribution >= 0.6 is 35.3 Å². The van der Waals surface area contributed by atoms with Crippen molar-refractivity contribution in [3.8, 4) is 0 Å². The van der Waals surface area contributed by atoms with Crippen molar-refractivity contribution in [2.75, 3.05) is 18.8 Å². The van der Waals surface area contributed by atoms with E-state index in [0.29, 0.717) is 12.5 Å². The Morgan fingerprint density at radius 2 is 1.90 bits per heavy atom. The molecule has 6 nitrogen and oxygen atoms in total. The molecule has 0 aliphatic rings. The first kappa shape index (κ1) is 25.9. The van der Waals surface area contributed by atoms with Gasteiger partial charge in [-0.3, -0.25) is 4.99 Å². The molecule has 2 unspecified atom stereocenters. The van der Waals surface area contributed by atoms with Gasteiger partial charge in [0.05, 0.1) is 24.4 Å². The van der Waals surface area contributed by atoms with E-state index in [1.807, 2.05) is 13.8 Å². The highest BCUT2D eigenvalue weighted by molar-refractivity contribution is 14.0. The number of sulfone groups is 1. The fraction of sp³-hybridized carbons (Fsp3) is 0.450. The summed E-state index contributed by atoms with van der Waals surface area (Å²) in [5.41, 5.74) is 2.41. The van der Waals surface area contributed by atoms with Crippen LogP contribution in [0.15, 0.2) is 51.0 Å². The zero-order valence-corrected chi connectivity index (χ0v) is 20.9. The van der Waals surface area contributed by atoms with E-state index >= 15 is 0 Å². The van der Waals surface area contributed by atoms with Crippen molar-refractivity contribution in [1.29, 1.82) is 0 Å². The number of halogens is 1. The number of thiophene rings is 1. The van der Waals surface area contributed by atoms with Gasteiger partial charge in [0.1, 0.15) is 4.21 Å². The van der Waals surface area contributed by atoms with E-state index in [2.05, 4.69) is 46.8 Å². The van der Waals surface area contributed by atoms with Crippen molar-refractivity contribution in [3.05, 3.63) is 52.9 Å². The van der Waals surface area contributed by atoms with Crippen LogP contribution in [0.25, 0.3) is 0 Å². The number of benzene rings is 1. The Kier molecular flexibility index (Phi) is 11.2. The minimum Gasteiger partial charge on any atom is -0.390 e. The summed E-state index contributed by atoms with van der Waals surface area (Å²) in [5, 5.41) is 18.3. The molecule has 162 valence electrons. The molecule has 29 heavy (non-hydrogen) atoms. The van der Waals surface area contributed by atoms with Crippen molar-refractivity contribution in [3.63, 3.8) is 0 Å². The van der Waals surface area contributed by atoms with E-state index in [4.69, 9.17) is 0 Å². The second-order valence-corrected chi connectivity index (χ2v) is 9.76. The third-order valence-corrected chi connectivity index (χ3v) is 7.54. The highest BCUT2D eigenvalue weighted by Crippen LogP contribution is 2.18. The van der Waals surface area contributed by atoms with E-state index in [0.717, 1.165) is 23.3 Å². The monoisotopic (exact) mass is 551 g/mol. The number of aliphatic imine (C=N–C) groups is 1. The Hall–Kier alpha value is -1.17. The van der Waals surface area contributed by atoms with Gasteiger partial charge in [0.25, 0.3) is 0 Å². The van der Waals surface area contributed by atoms with Gasteiger partial charge in [-0.25, -0.2) is 8.42 Å². The van der Waals surface area contributed by atoms with Crippen LogP contribution in [0.1, 0.15) is 37.9 Å². The maximum Gasteiger partial charge on any atom is 0.191 e. The van der Waals surface area contributed by atoms with Crippen molar-refractivity contribution in [2.45, 2.75) is 43.5 Å². The standard InChI is InChI=1S/C20H29N3O3S2.HI/c1-4-16-8-10-17(11-9-16)15(3)23-20(21-5-2)22-13-18(24)14-28(25,26)19-7-6-12-27-19;/h6-12,15,18,24H,4-5,13-14H2,1-3H3,(H2,21,22,23);1H. The molecule has 2 aromatic rings. The summed E-state index contributed by atoms with van der Waals surface area (Å²) in [4.78, 5) is 4.36. The molecule has 3 N–H and O–H groups in total. The molecule has 0 aliphatic heterocycles. The zero-order chi connectivity index (χ0) is 20.6. The van der Waals surface area contributed by atoms with Gasteiger partial charge in [-0.05, 0) is 42.8 Å². The van der Waals surface area contributed by atoms with E-state index in [1.165, 1.54) is 5.56 Å². The van der Waals surface area contributed by atoms with Crippen LogP contribution in [-0.4, -0.2) is 44.4 Å². The highest BCUT2D eigenvalue weighted by atomic mass is 127. The first-order chi connectivity index (χ1) is 13.4. The van der Waals surface area contributed by atoms with Gasteiger partial charge in [0.2, 0.25) is 0 Å². The van der Waals surface area contributed by atoms with Gasteiger partial charge in [-0.2, -0.15) is 0 Å². The summed E-state index contributed by atoms with van der Waals surface area (Å²) in [6, 6.07) is 11.6. The average Bonchev–Trinajstić information content (AvgIpc) is 3.22. The number of guanidine groups is 1. The number of nitrogens with one attached hydrogen (secondary N) is 2. The molecule has 0 fully saturated rings. The van der Waals surface area contributed by atoms with Crippen LogP contribution in [0, 0.1) is 0 Å². The molecule has 0 aliphatic carbocycles. The smallest absolute Gasteiger partial charge is 0.191 e. The number of aryl methyl sites for hydroxylation is 1. The Bertz CT molecular complexity index is 854. The molecule has 0 radical (unpaired) electrons. The zero-order valence-electron chi connectivity index (χ0n) is 17.0. The molecule has 0 spiro atoms. The minimum absolute atomic E-state index is 0. The van der Waals surface area contributed by atoms with Gasteiger partial charge in [0, 0.05) is 6.54 Å². The first-order valence-corrected chi connectivity index (χ1v) is 12.0. The van der Waals surface area contributed by atoms with Gasteiger partial charge in [0.15, 0.2) is 15.8 Å². The summed E-state index contributed by atoms with van der Waals surface area (Å²) in [6.45, 7) is 6.77. The fourth-order valence-electron chi connectivity index (χ4n) is 2.68. The summed E-state index contributed by atoms with van der Waals surface area (Å²) < 4.78 is 24.8. The number of hydrogen-bond donors (Lipinski definition) is 3. The summed E-state index contributed by atoms with van der Waals surface area (Å²) in [6.07, 6.45) is -0.0694. The molecular weight excluding hydrogens is 521 g/mol. The van der Waals surface area contributed by atoms with Gasteiger partial charge in [-0.1, -0.05) is 37.3 Å². The molecule has 2 atom stereocenters. The Labute approximate surface area is 194 Å².